The highest BCUT2D eigenvalue weighted by atomic mass is 19.4. The van der Waals surface area contributed by atoms with Gasteiger partial charge >= 0.3 is 6.18 Å². The van der Waals surface area contributed by atoms with Crippen molar-refractivity contribution in [3.05, 3.63) is 66.2 Å². The van der Waals surface area contributed by atoms with Crippen molar-refractivity contribution in [2.45, 2.75) is 82.0 Å². The van der Waals surface area contributed by atoms with E-state index in [0.29, 0.717) is 24.7 Å². The number of halogens is 4. The lowest BCUT2D eigenvalue weighted by molar-refractivity contribution is -0.211. The van der Waals surface area contributed by atoms with Crippen LogP contribution in [0.5, 0.6) is 5.75 Å². The van der Waals surface area contributed by atoms with Gasteiger partial charge in [-0.15, -0.1) is 0 Å². The van der Waals surface area contributed by atoms with Gasteiger partial charge in [-0.05, 0) is 94.4 Å². The number of hydrogen-bond acceptors (Lipinski definition) is 5. The van der Waals surface area contributed by atoms with E-state index in [1.165, 1.54) is 0 Å². The summed E-state index contributed by atoms with van der Waals surface area (Å²) in [4.78, 5) is 29.2. The molecule has 0 aliphatic heterocycles. The molecule has 1 aromatic carbocycles. The maximum atomic E-state index is 14.5. The lowest BCUT2D eigenvalue weighted by Crippen LogP contribution is -2.71. The van der Waals surface area contributed by atoms with Crippen LogP contribution in [0.25, 0.3) is 11.4 Å². The van der Waals surface area contributed by atoms with Crippen molar-refractivity contribution >= 4 is 11.6 Å². The van der Waals surface area contributed by atoms with Crippen LogP contribution in [0.3, 0.4) is 0 Å². The molecule has 6 fully saturated rings. The first-order valence-electron chi connectivity index (χ1n) is 15.1. The quantitative estimate of drug-likeness (QED) is 0.253. The number of aromatic nitrogens is 3. The average Bonchev–Trinajstić information content (AvgIpc) is 2.99. The fourth-order valence-electron chi connectivity index (χ4n) is 8.07. The summed E-state index contributed by atoms with van der Waals surface area (Å²) in [7, 11) is 0. The fourth-order valence-corrected chi connectivity index (χ4v) is 8.07. The summed E-state index contributed by atoms with van der Waals surface area (Å²) in [5.41, 5.74) is -0.660. The zero-order valence-electron chi connectivity index (χ0n) is 24.1. The maximum absolute atomic E-state index is 14.5. The third-order valence-electron chi connectivity index (χ3n) is 10.5. The highest BCUT2D eigenvalue weighted by Crippen LogP contribution is 2.70. The van der Waals surface area contributed by atoms with Gasteiger partial charge < -0.3 is 9.64 Å². The van der Waals surface area contributed by atoms with Crippen LogP contribution in [-0.2, 0) is 16.4 Å². The van der Waals surface area contributed by atoms with Crippen LogP contribution < -0.4 is 9.64 Å². The number of carbonyl (C=O) groups is 1. The summed E-state index contributed by atoms with van der Waals surface area (Å²) >= 11 is 0. The number of ether oxygens (including phenoxy) is 1. The van der Waals surface area contributed by atoms with Gasteiger partial charge in [0, 0.05) is 35.1 Å². The second-order valence-electron chi connectivity index (χ2n) is 13.3. The van der Waals surface area contributed by atoms with Gasteiger partial charge in [0.2, 0.25) is 5.91 Å². The Balaban J connectivity index is 1.14. The predicted octanol–water partition coefficient (Wildman–Crippen LogP) is 7.47. The van der Waals surface area contributed by atoms with E-state index in [0.717, 1.165) is 67.7 Å². The molecule has 6 nitrogen and oxygen atoms in total. The molecule has 6 aliphatic carbocycles. The summed E-state index contributed by atoms with van der Waals surface area (Å²) in [6.07, 6.45) is 5.63. The Morgan fingerprint density at radius 1 is 0.930 bits per heavy atom. The van der Waals surface area contributed by atoms with Gasteiger partial charge in [0.05, 0.1) is 30.0 Å². The van der Waals surface area contributed by atoms with Crippen LogP contribution >= 0.6 is 0 Å². The van der Waals surface area contributed by atoms with E-state index >= 15 is 0 Å². The number of hydrogen-bond donors (Lipinski definition) is 0. The molecule has 0 saturated heterocycles. The molecule has 3 aromatic rings. The largest absolute Gasteiger partial charge is 0.491 e. The molecule has 226 valence electrons. The van der Waals surface area contributed by atoms with Crippen molar-refractivity contribution in [2.24, 2.45) is 10.8 Å². The third-order valence-corrected chi connectivity index (χ3v) is 10.5. The van der Waals surface area contributed by atoms with E-state index in [2.05, 4.69) is 15.0 Å². The third kappa shape index (κ3) is 4.77. The van der Waals surface area contributed by atoms with Crippen LogP contribution in [0.15, 0.2) is 55.0 Å². The van der Waals surface area contributed by atoms with E-state index in [4.69, 9.17) is 4.74 Å². The van der Waals surface area contributed by atoms with Gasteiger partial charge in [-0.3, -0.25) is 9.78 Å². The average molecular weight is 595 g/mol. The number of anilines is 1. The zero-order chi connectivity index (χ0) is 30.1. The molecule has 0 spiro atoms. The molecular formula is C33H34F4N4O2. The second kappa shape index (κ2) is 9.72. The second-order valence-corrected chi connectivity index (χ2v) is 13.3. The SMILES string of the molecule is CCOc1cnc(-c2cccc(N(CC34CCC(c5ccc(C(F)(F)F)cn5)(CC3)CC4)C(=O)C34CC(F)(C3)C4)c2)nc1. The van der Waals surface area contributed by atoms with Crippen molar-refractivity contribution in [1.29, 1.82) is 0 Å². The Hall–Kier alpha value is -3.56. The Morgan fingerprint density at radius 3 is 2.16 bits per heavy atom. The van der Waals surface area contributed by atoms with E-state index < -0.39 is 22.8 Å². The first-order valence-corrected chi connectivity index (χ1v) is 15.1. The number of amides is 1. The van der Waals surface area contributed by atoms with Gasteiger partial charge in [0.1, 0.15) is 5.67 Å². The predicted molar refractivity (Wildman–Crippen MR) is 152 cm³/mol. The van der Waals surface area contributed by atoms with Crippen molar-refractivity contribution in [3.63, 3.8) is 0 Å². The molecule has 10 heteroatoms. The highest BCUT2D eigenvalue weighted by molar-refractivity contribution is 6.00. The summed E-state index contributed by atoms with van der Waals surface area (Å²) in [6.45, 7) is 2.93. The van der Waals surface area contributed by atoms with Crippen molar-refractivity contribution in [1.82, 2.24) is 15.0 Å². The minimum Gasteiger partial charge on any atom is -0.491 e. The van der Waals surface area contributed by atoms with Crippen LogP contribution in [-0.4, -0.2) is 39.7 Å². The lowest BCUT2D eigenvalue weighted by atomic mass is 9.41. The van der Waals surface area contributed by atoms with Crippen molar-refractivity contribution < 1.29 is 27.1 Å². The standard InChI is InChI=1S/C33H34F4N4O2/c1-2-43-25-16-39-27(40-17-25)22-4-3-5-24(14-22)41(28(42)31-18-32(34,19-31)20-31)21-29-8-11-30(12-9-29,13-10-29)26-7-6-23(15-38-26)33(35,36)37/h3-7,14-17H,2,8-13,18-21H2,1H3. The van der Waals surface area contributed by atoms with Crippen LogP contribution in [0.2, 0.25) is 0 Å². The van der Waals surface area contributed by atoms with E-state index in [1.807, 2.05) is 36.1 Å². The number of carbonyl (C=O) groups excluding carboxylic acids is 1. The monoisotopic (exact) mass is 594 g/mol. The molecule has 43 heavy (non-hydrogen) atoms. The first-order chi connectivity index (χ1) is 20.5. The Labute approximate surface area is 247 Å². The molecule has 9 rings (SSSR count). The molecule has 1 amide bonds. The molecule has 6 aliphatic rings. The molecule has 2 aromatic heterocycles. The van der Waals surface area contributed by atoms with Crippen LogP contribution in [0, 0.1) is 10.8 Å². The number of rotatable bonds is 8. The maximum Gasteiger partial charge on any atom is 0.417 e. The van der Waals surface area contributed by atoms with Gasteiger partial charge in [0.25, 0.3) is 0 Å². The van der Waals surface area contributed by atoms with Gasteiger partial charge in [-0.1, -0.05) is 12.1 Å². The molecule has 6 saturated carbocycles. The molecule has 2 heterocycles. The molecular weight excluding hydrogens is 560 g/mol. The molecule has 0 unspecified atom stereocenters. The first kappa shape index (κ1) is 28.2. The van der Waals surface area contributed by atoms with Gasteiger partial charge in [0.15, 0.2) is 11.6 Å². The van der Waals surface area contributed by atoms with Gasteiger partial charge in [-0.25, -0.2) is 14.4 Å². The minimum atomic E-state index is -4.41. The summed E-state index contributed by atoms with van der Waals surface area (Å²) in [6, 6.07) is 10.3. The van der Waals surface area contributed by atoms with E-state index in [-0.39, 0.29) is 36.0 Å². The van der Waals surface area contributed by atoms with Crippen molar-refractivity contribution in [3.8, 4) is 17.1 Å². The zero-order valence-corrected chi connectivity index (χ0v) is 24.1. The smallest absolute Gasteiger partial charge is 0.417 e. The Kier molecular flexibility index (Phi) is 6.38. The Morgan fingerprint density at radius 2 is 1.60 bits per heavy atom. The highest BCUT2D eigenvalue weighted by Gasteiger charge is 2.73. The number of alkyl halides is 4. The van der Waals surface area contributed by atoms with Crippen LogP contribution in [0.4, 0.5) is 23.2 Å². The van der Waals surface area contributed by atoms with E-state index in [9.17, 15) is 22.4 Å². The van der Waals surface area contributed by atoms with Crippen molar-refractivity contribution in [2.75, 3.05) is 18.1 Å². The lowest BCUT2D eigenvalue weighted by Gasteiger charge is -2.65. The normalized spacial score (nSPS) is 30.7. The number of nitrogens with zero attached hydrogens (tertiary/aromatic N) is 4. The summed E-state index contributed by atoms with van der Waals surface area (Å²) < 4.78 is 59.4. The number of pyridine rings is 1. The minimum absolute atomic E-state index is 0.0158. The molecule has 4 bridgehead atoms. The van der Waals surface area contributed by atoms with Crippen LogP contribution in [0.1, 0.15) is 76.0 Å². The van der Waals surface area contributed by atoms with E-state index in [1.54, 1.807) is 18.5 Å². The summed E-state index contributed by atoms with van der Waals surface area (Å²) in [5, 5.41) is 0. The number of benzene rings is 1. The van der Waals surface area contributed by atoms with Gasteiger partial charge in [-0.2, -0.15) is 13.2 Å². The summed E-state index contributed by atoms with van der Waals surface area (Å²) in [5.74, 6) is 1.09. The molecule has 0 atom stereocenters. The molecule has 0 radical (unpaired) electrons. The molecule has 0 N–H and O–H groups in total. The topological polar surface area (TPSA) is 68.2 Å². The Bertz CT molecular complexity index is 1500. The number of fused-ring (bicyclic) bond motifs is 3. The fraction of sp³-hybridized carbons (Fsp3) is 0.515.